The van der Waals surface area contributed by atoms with E-state index in [9.17, 15) is 14.7 Å². The van der Waals surface area contributed by atoms with E-state index in [1.807, 2.05) is 30.3 Å². The number of aliphatic hydroxyl groups is 1. The van der Waals surface area contributed by atoms with Gasteiger partial charge in [0.25, 0.3) is 5.72 Å². The van der Waals surface area contributed by atoms with Crippen LogP contribution in [0.5, 0.6) is 0 Å². The van der Waals surface area contributed by atoms with E-state index in [0.29, 0.717) is 12.8 Å². The number of aliphatic carboxylic acids is 1. The fourth-order valence-corrected chi connectivity index (χ4v) is 1.97. The van der Waals surface area contributed by atoms with Gasteiger partial charge in [-0.2, -0.15) is 0 Å². The minimum atomic E-state index is -2.42. The molecule has 0 radical (unpaired) electrons. The lowest BCUT2D eigenvalue weighted by Crippen LogP contribution is -2.64. The molecule has 0 aromatic heterocycles. The molecule has 0 spiro atoms. The zero-order valence-corrected chi connectivity index (χ0v) is 12.1. The Morgan fingerprint density at radius 3 is 2.48 bits per heavy atom. The number of nitrogens with two attached hydrogens (primary N) is 1. The van der Waals surface area contributed by atoms with Crippen LogP contribution in [0.3, 0.4) is 0 Å². The Hall–Kier alpha value is -1.92. The SMILES string of the molecule is CC[C@H](N)[C@@](O)(NC(=O)CCCc1ccccc1)C(=O)O. The second kappa shape index (κ2) is 7.75. The zero-order valence-electron chi connectivity index (χ0n) is 12.1. The van der Waals surface area contributed by atoms with E-state index >= 15 is 0 Å². The number of carbonyl (C=O) groups excluding carboxylic acids is 1. The molecule has 2 atom stereocenters. The molecule has 1 rings (SSSR count). The molecule has 1 amide bonds. The number of rotatable bonds is 8. The molecule has 6 nitrogen and oxygen atoms in total. The van der Waals surface area contributed by atoms with Gasteiger partial charge < -0.3 is 21.3 Å². The Morgan fingerprint density at radius 1 is 1.33 bits per heavy atom. The molecule has 0 unspecified atom stereocenters. The van der Waals surface area contributed by atoms with Gasteiger partial charge in [0.1, 0.15) is 0 Å². The van der Waals surface area contributed by atoms with Crippen molar-refractivity contribution in [3.05, 3.63) is 35.9 Å². The third kappa shape index (κ3) is 4.84. The summed E-state index contributed by atoms with van der Waals surface area (Å²) < 4.78 is 0. The third-order valence-electron chi connectivity index (χ3n) is 3.34. The van der Waals surface area contributed by atoms with Crippen molar-refractivity contribution < 1.29 is 19.8 Å². The van der Waals surface area contributed by atoms with E-state index in [2.05, 4.69) is 5.32 Å². The Bertz CT molecular complexity index is 478. The fraction of sp³-hybridized carbons (Fsp3) is 0.467. The highest BCUT2D eigenvalue weighted by molar-refractivity contribution is 5.86. The van der Waals surface area contributed by atoms with Gasteiger partial charge in [0, 0.05) is 6.42 Å². The van der Waals surface area contributed by atoms with Crippen molar-refractivity contribution in [3.8, 4) is 0 Å². The first-order valence-corrected chi connectivity index (χ1v) is 6.96. The lowest BCUT2D eigenvalue weighted by atomic mass is 10.0. The van der Waals surface area contributed by atoms with E-state index in [1.165, 1.54) is 0 Å². The van der Waals surface area contributed by atoms with Crippen LogP contribution < -0.4 is 11.1 Å². The lowest BCUT2D eigenvalue weighted by molar-refractivity contribution is -0.168. The molecule has 0 saturated carbocycles. The van der Waals surface area contributed by atoms with Crippen LogP contribution in [-0.2, 0) is 16.0 Å². The highest BCUT2D eigenvalue weighted by atomic mass is 16.4. The number of aryl methyl sites for hydroxylation is 1. The Kier molecular flexibility index (Phi) is 6.33. The predicted molar refractivity (Wildman–Crippen MR) is 78.4 cm³/mol. The molecule has 0 fully saturated rings. The number of amides is 1. The average Bonchev–Trinajstić information content (AvgIpc) is 2.47. The molecule has 1 aromatic rings. The number of benzene rings is 1. The predicted octanol–water partition coefficient (Wildman–Crippen LogP) is 0.636. The van der Waals surface area contributed by atoms with Gasteiger partial charge in [-0.1, -0.05) is 37.3 Å². The third-order valence-corrected chi connectivity index (χ3v) is 3.34. The van der Waals surface area contributed by atoms with Crippen LogP contribution in [-0.4, -0.2) is 33.9 Å². The highest BCUT2D eigenvalue weighted by Gasteiger charge is 2.43. The van der Waals surface area contributed by atoms with E-state index < -0.39 is 23.6 Å². The van der Waals surface area contributed by atoms with E-state index in [4.69, 9.17) is 10.8 Å². The largest absolute Gasteiger partial charge is 0.478 e. The maximum atomic E-state index is 11.8. The molecule has 116 valence electrons. The number of nitrogens with one attached hydrogen (secondary N) is 1. The quantitative estimate of drug-likeness (QED) is 0.525. The van der Waals surface area contributed by atoms with E-state index in [-0.39, 0.29) is 12.8 Å². The number of hydrogen-bond donors (Lipinski definition) is 4. The smallest absolute Gasteiger partial charge is 0.358 e. The zero-order chi connectivity index (χ0) is 15.9. The first kappa shape index (κ1) is 17.1. The molecule has 0 aliphatic rings. The van der Waals surface area contributed by atoms with E-state index in [0.717, 1.165) is 5.56 Å². The molecule has 6 heteroatoms. The molecule has 21 heavy (non-hydrogen) atoms. The van der Waals surface area contributed by atoms with Gasteiger partial charge in [-0.05, 0) is 24.8 Å². The maximum absolute atomic E-state index is 11.8. The molecule has 0 aliphatic heterocycles. The van der Waals surface area contributed by atoms with Crippen molar-refractivity contribution >= 4 is 11.9 Å². The standard InChI is InChI=1S/C15H22N2O4/c1-2-12(16)15(21,14(19)20)17-13(18)10-6-9-11-7-4-3-5-8-11/h3-5,7-8,12,21H,2,6,9-10,16H2,1H3,(H,17,18)(H,19,20)/t12-,15-/m0/s1. The summed E-state index contributed by atoms with van der Waals surface area (Å²) in [6, 6.07) is 8.59. The first-order chi connectivity index (χ1) is 9.90. The summed E-state index contributed by atoms with van der Waals surface area (Å²) in [5.74, 6) is -2.08. The van der Waals surface area contributed by atoms with Gasteiger partial charge >= 0.3 is 5.97 Å². The summed E-state index contributed by atoms with van der Waals surface area (Å²) in [7, 11) is 0. The van der Waals surface area contributed by atoms with Crippen molar-refractivity contribution in [2.45, 2.75) is 44.4 Å². The molecular formula is C15H22N2O4. The fourth-order valence-electron chi connectivity index (χ4n) is 1.97. The Balaban J connectivity index is 2.50. The van der Waals surface area contributed by atoms with Crippen molar-refractivity contribution in [2.24, 2.45) is 5.73 Å². The second-order valence-corrected chi connectivity index (χ2v) is 4.97. The van der Waals surface area contributed by atoms with Crippen molar-refractivity contribution in [1.82, 2.24) is 5.32 Å². The van der Waals surface area contributed by atoms with Crippen LogP contribution in [0.15, 0.2) is 30.3 Å². The van der Waals surface area contributed by atoms with Gasteiger partial charge in [-0.15, -0.1) is 0 Å². The van der Waals surface area contributed by atoms with Crippen LogP contribution in [0, 0.1) is 0 Å². The average molecular weight is 294 g/mol. The molecular weight excluding hydrogens is 272 g/mol. The number of carbonyl (C=O) groups is 2. The first-order valence-electron chi connectivity index (χ1n) is 6.96. The van der Waals surface area contributed by atoms with Crippen LogP contribution in [0.4, 0.5) is 0 Å². The van der Waals surface area contributed by atoms with Gasteiger partial charge in [0.15, 0.2) is 0 Å². The van der Waals surface area contributed by atoms with E-state index in [1.54, 1.807) is 6.92 Å². The summed E-state index contributed by atoms with van der Waals surface area (Å²) in [5, 5.41) is 21.2. The van der Waals surface area contributed by atoms with Crippen molar-refractivity contribution in [2.75, 3.05) is 0 Å². The van der Waals surface area contributed by atoms with Crippen molar-refractivity contribution in [1.29, 1.82) is 0 Å². The van der Waals surface area contributed by atoms with Crippen molar-refractivity contribution in [3.63, 3.8) is 0 Å². The topological polar surface area (TPSA) is 113 Å². The van der Waals surface area contributed by atoms with Crippen LogP contribution in [0.25, 0.3) is 0 Å². The maximum Gasteiger partial charge on any atom is 0.358 e. The molecule has 0 saturated heterocycles. The second-order valence-electron chi connectivity index (χ2n) is 4.97. The Labute approximate surface area is 124 Å². The van der Waals surface area contributed by atoms with Gasteiger partial charge in [-0.25, -0.2) is 4.79 Å². The molecule has 0 bridgehead atoms. The molecule has 5 N–H and O–H groups in total. The minimum absolute atomic E-state index is 0.126. The monoisotopic (exact) mass is 294 g/mol. The summed E-state index contributed by atoms with van der Waals surface area (Å²) in [6.07, 6.45) is 1.63. The molecule has 0 heterocycles. The van der Waals surface area contributed by atoms with Gasteiger partial charge in [0.05, 0.1) is 6.04 Å². The van der Waals surface area contributed by atoms with Crippen LogP contribution >= 0.6 is 0 Å². The summed E-state index contributed by atoms with van der Waals surface area (Å²) in [5.41, 5.74) is 4.26. The molecule has 1 aromatic carbocycles. The summed E-state index contributed by atoms with van der Waals surface area (Å²) >= 11 is 0. The van der Waals surface area contributed by atoms with Crippen LogP contribution in [0.2, 0.25) is 0 Å². The number of carboxylic acid groups (broad SMARTS) is 1. The van der Waals surface area contributed by atoms with Gasteiger partial charge in [0.2, 0.25) is 5.91 Å². The summed E-state index contributed by atoms with van der Waals surface area (Å²) in [4.78, 5) is 22.9. The Morgan fingerprint density at radius 2 is 1.95 bits per heavy atom. The minimum Gasteiger partial charge on any atom is -0.478 e. The highest BCUT2D eigenvalue weighted by Crippen LogP contribution is 2.10. The molecule has 0 aliphatic carbocycles. The number of carboxylic acids is 1. The normalized spacial score (nSPS) is 15.0. The lowest BCUT2D eigenvalue weighted by Gasteiger charge is -2.29. The van der Waals surface area contributed by atoms with Crippen LogP contribution in [0.1, 0.15) is 31.7 Å². The number of hydrogen-bond acceptors (Lipinski definition) is 4. The van der Waals surface area contributed by atoms with Gasteiger partial charge in [-0.3, -0.25) is 4.79 Å². The summed E-state index contributed by atoms with van der Waals surface area (Å²) in [6.45, 7) is 1.64.